The highest BCUT2D eigenvalue weighted by atomic mass is 16.5. The molecule has 2 saturated heterocycles. The molecule has 2 fully saturated rings. The highest BCUT2D eigenvalue weighted by molar-refractivity contribution is 5.88. The first kappa shape index (κ1) is 20.4. The highest BCUT2D eigenvalue weighted by Gasteiger charge is 2.25. The van der Waals surface area contributed by atoms with Crippen LogP contribution in [0.3, 0.4) is 0 Å². The quantitative estimate of drug-likeness (QED) is 0.668. The fourth-order valence-corrected chi connectivity index (χ4v) is 3.62. The number of rotatable bonds is 7. The van der Waals surface area contributed by atoms with Crippen molar-refractivity contribution in [2.24, 2.45) is 0 Å². The van der Waals surface area contributed by atoms with Crippen molar-refractivity contribution in [3.63, 3.8) is 0 Å². The largest absolute Gasteiger partial charge is 0.487 e. The molecule has 30 heavy (non-hydrogen) atoms. The average molecular weight is 412 g/mol. The molecule has 2 aliphatic heterocycles. The van der Waals surface area contributed by atoms with Gasteiger partial charge < -0.3 is 29.8 Å². The van der Waals surface area contributed by atoms with E-state index in [1.807, 2.05) is 25.1 Å². The van der Waals surface area contributed by atoms with Crippen LogP contribution in [0.15, 0.2) is 18.2 Å². The fourth-order valence-electron chi connectivity index (χ4n) is 3.62. The van der Waals surface area contributed by atoms with E-state index in [1.165, 1.54) is 6.21 Å². The number of benzene rings is 1. The third kappa shape index (κ3) is 4.47. The van der Waals surface area contributed by atoms with Gasteiger partial charge in [-0.05, 0) is 25.6 Å². The van der Waals surface area contributed by atoms with Gasteiger partial charge in [0.15, 0.2) is 0 Å². The Balaban J connectivity index is 1.61. The molecule has 0 saturated carbocycles. The van der Waals surface area contributed by atoms with Gasteiger partial charge >= 0.3 is 6.01 Å². The molecule has 0 radical (unpaired) electrons. The number of likely N-dealkylation sites (N-methyl/N-ethyl adjacent to an activating group) is 1. The molecule has 3 heterocycles. The van der Waals surface area contributed by atoms with E-state index in [1.54, 1.807) is 7.11 Å². The molecule has 2 aliphatic rings. The molecule has 0 bridgehead atoms. The maximum absolute atomic E-state index is 7.82. The molecule has 0 spiro atoms. The molecule has 2 aromatic rings. The van der Waals surface area contributed by atoms with Crippen LogP contribution in [0.1, 0.15) is 11.1 Å². The van der Waals surface area contributed by atoms with Crippen molar-refractivity contribution in [2.75, 3.05) is 63.8 Å². The van der Waals surface area contributed by atoms with E-state index in [2.05, 4.69) is 32.1 Å². The van der Waals surface area contributed by atoms with E-state index in [9.17, 15) is 0 Å². The number of nitrogens with one attached hydrogen (secondary N) is 2. The summed E-state index contributed by atoms with van der Waals surface area (Å²) >= 11 is 0. The summed E-state index contributed by atoms with van der Waals surface area (Å²) in [6.07, 6.45) is 1.52. The van der Waals surface area contributed by atoms with Crippen molar-refractivity contribution >= 4 is 23.5 Å². The molecule has 1 aromatic carbocycles. The van der Waals surface area contributed by atoms with Crippen LogP contribution in [0.4, 0.5) is 17.3 Å². The maximum Gasteiger partial charge on any atom is 0.320 e. The predicted molar refractivity (Wildman–Crippen MR) is 116 cm³/mol. The molecule has 2 N–H and O–H groups in total. The van der Waals surface area contributed by atoms with Crippen LogP contribution in [0.2, 0.25) is 0 Å². The normalized spacial score (nSPS) is 17.4. The predicted octanol–water partition coefficient (Wildman–Crippen LogP) is 2.06. The summed E-state index contributed by atoms with van der Waals surface area (Å²) in [5.74, 6) is 2.20. The summed E-state index contributed by atoms with van der Waals surface area (Å²) in [5, 5.41) is 11.2. The number of methoxy groups -OCH3 is 1. The number of hydrogen-bond acceptors (Lipinski definition) is 9. The van der Waals surface area contributed by atoms with E-state index in [0.717, 1.165) is 54.6 Å². The first-order chi connectivity index (χ1) is 14.6. The van der Waals surface area contributed by atoms with Crippen LogP contribution in [0.5, 0.6) is 11.8 Å². The van der Waals surface area contributed by atoms with Crippen molar-refractivity contribution in [3.05, 3.63) is 29.3 Å². The van der Waals surface area contributed by atoms with Crippen molar-refractivity contribution < 1.29 is 14.2 Å². The van der Waals surface area contributed by atoms with Gasteiger partial charge in [-0.2, -0.15) is 9.97 Å². The van der Waals surface area contributed by atoms with E-state index >= 15 is 0 Å². The standard InChI is InChI=1S/C21H28N6O3/c1-14-8-15(11-22)17(9-18(14)30-16-12-26(2)13-16)23-19-10-20(25-21(24-19)28-3)27-4-6-29-7-5-27/h8-11,16,22H,4-7,12-13H2,1-3H3,(H,23,24,25). The molecular weight excluding hydrogens is 384 g/mol. The average Bonchev–Trinajstić information content (AvgIpc) is 2.75. The topological polar surface area (TPSA) is 95.8 Å². The first-order valence-electron chi connectivity index (χ1n) is 10.1. The second-order valence-corrected chi connectivity index (χ2v) is 7.63. The minimum Gasteiger partial charge on any atom is -0.487 e. The van der Waals surface area contributed by atoms with Crippen molar-refractivity contribution in [1.29, 1.82) is 5.41 Å². The SMILES string of the molecule is COc1nc(Nc2cc(OC3CN(C)C3)c(C)cc2C=N)cc(N2CCOCC2)n1. The molecule has 0 unspecified atom stereocenters. The molecule has 160 valence electrons. The van der Waals surface area contributed by atoms with Crippen LogP contribution in [-0.4, -0.2) is 80.7 Å². The van der Waals surface area contributed by atoms with Crippen molar-refractivity contribution in [1.82, 2.24) is 14.9 Å². The molecule has 0 atom stereocenters. The van der Waals surface area contributed by atoms with Gasteiger partial charge in [-0.15, -0.1) is 0 Å². The van der Waals surface area contributed by atoms with Gasteiger partial charge in [-0.3, -0.25) is 4.90 Å². The second-order valence-electron chi connectivity index (χ2n) is 7.63. The Hall–Kier alpha value is -2.91. The minimum atomic E-state index is 0.194. The summed E-state index contributed by atoms with van der Waals surface area (Å²) in [5.41, 5.74) is 2.52. The van der Waals surface area contributed by atoms with Crippen LogP contribution in [-0.2, 0) is 4.74 Å². The third-order valence-corrected chi connectivity index (χ3v) is 5.30. The minimum absolute atomic E-state index is 0.194. The molecule has 9 heteroatoms. The van der Waals surface area contributed by atoms with Crippen LogP contribution in [0, 0.1) is 12.3 Å². The van der Waals surface area contributed by atoms with Crippen molar-refractivity contribution in [3.8, 4) is 11.8 Å². The van der Waals surface area contributed by atoms with E-state index in [0.29, 0.717) is 25.0 Å². The summed E-state index contributed by atoms with van der Waals surface area (Å²) in [6.45, 7) is 6.71. The zero-order valence-electron chi connectivity index (χ0n) is 17.6. The number of aromatic nitrogens is 2. The van der Waals surface area contributed by atoms with Crippen LogP contribution in [0.25, 0.3) is 0 Å². The third-order valence-electron chi connectivity index (χ3n) is 5.30. The van der Waals surface area contributed by atoms with Gasteiger partial charge in [0.2, 0.25) is 0 Å². The number of ether oxygens (including phenoxy) is 3. The van der Waals surface area contributed by atoms with Crippen molar-refractivity contribution in [2.45, 2.75) is 13.0 Å². The fraction of sp³-hybridized carbons (Fsp3) is 0.476. The zero-order chi connectivity index (χ0) is 21.1. The lowest BCUT2D eigenvalue weighted by molar-refractivity contribution is 0.0384. The lowest BCUT2D eigenvalue weighted by Crippen LogP contribution is -2.51. The summed E-state index contributed by atoms with van der Waals surface area (Å²) in [7, 11) is 3.63. The Labute approximate surface area is 176 Å². The molecule has 0 amide bonds. The van der Waals surface area contributed by atoms with Gasteiger partial charge in [-0.1, -0.05) is 0 Å². The molecule has 1 aromatic heterocycles. The van der Waals surface area contributed by atoms with Gasteiger partial charge in [0, 0.05) is 50.1 Å². The summed E-state index contributed by atoms with van der Waals surface area (Å²) in [6, 6.07) is 6.08. The zero-order valence-corrected chi connectivity index (χ0v) is 17.6. The molecule has 4 rings (SSSR count). The summed E-state index contributed by atoms with van der Waals surface area (Å²) in [4.78, 5) is 13.3. The van der Waals surface area contributed by atoms with Crippen LogP contribution >= 0.6 is 0 Å². The number of hydrogen-bond donors (Lipinski definition) is 2. The van der Waals surface area contributed by atoms with Gasteiger partial charge in [0.05, 0.1) is 26.0 Å². The van der Waals surface area contributed by atoms with E-state index < -0.39 is 0 Å². The highest BCUT2D eigenvalue weighted by Crippen LogP contribution is 2.31. The van der Waals surface area contributed by atoms with Crippen LogP contribution < -0.4 is 19.7 Å². The second kappa shape index (κ2) is 8.85. The van der Waals surface area contributed by atoms with Gasteiger partial charge in [-0.25, -0.2) is 0 Å². The Morgan fingerprint density at radius 3 is 2.63 bits per heavy atom. The maximum atomic E-state index is 7.82. The number of nitrogens with zero attached hydrogens (tertiary/aromatic N) is 4. The Kier molecular flexibility index (Phi) is 6.01. The van der Waals surface area contributed by atoms with Gasteiger partial charge in [0.1, 0.15) is 23.5 Å². The number of morpholine rings is 1. The Morgan fingerprint density at radius 1 is 1.20 bits per heavy atom. The molecular formula is C21H28N6O3. The monoisotopic (exact) mass is 412 g/mol. The first-order valence-corrected chi connectivity index (χ1v) is 10.1. The number of aryl methyl sites for hydroxylation is 1. The lowest BCUT2D eigenvalue weighted by Gasteiger charge is -2.36. The lowest BCUT2D eigenvalue weighted by atomic mass is 10.1. The molecule has 9 nitrogen and oxygen atoms in total. The van der Waals surface area contributed by atoms with E-state index in [4.69, 9.17) is 19.6 Å². The Bertz CT molecular complexity index is 910. The number of anilines is 3. The smallest absolute Gasteiger partial charge is 0.320 e. The number of likely N-dealkylation sites (tertiary alicyclic amines) is 1. The molecule has 0 aliphatic carbocycles. The summed E-state index contributed by atoms with van der Waals surface area (Å²) < 4.78 is 16.9. The van der Waals surface area contributed by atoms with E-state index in [-0.39, 0.29) is 6.10 Å². The Morgan fingerprint density at radius 2 is 1.97 bits per heavy atom. The van der Waals surface area contributed by atoms with Gasteiger partial charge in [0.25, 0.3) is 0 Å².